The number of thiol groups is 1. The maximum Gasteiger partial charge on any atom is 0.123 e. The molecule has 0 bridgehead atoms. The Kier molecular flexibility index (Phi) is 6.54. The summed E-state index contributed by atoms with van der Waals surface area (Å²) in [5.41, 5.74) is 6.48. The molecule has 1 aromatic carbocycles. The molecule has 2 nitrogen and oxygen atoms in total. The Morgan fingerprint density at radius 3 is 2.39 bits per heavy atom. The Morgan fingerprint density at radius 1 is 1.28 bits per heavy atom. The van der Waals surface area contributed by atoms with Crippen LogP contribution in [0.1, 0.15) is 12.6 Å². The van der Waals surface area contributed by atoms with Crippen LogP contribution in [0.5, 0.6) is 0 Å². The van der Waals surface area contributed by atoms with Crippen molar-refractivity contribution in [2.75, 3.05) is 5.73 Å². The van der Waals surface area contributed by atoms with E-state index in [1.165, 1.54) is 0 Å². The Bertz CT molecular complexity index is 499. The first-order valence-electron chi connectivity index (χ1n) is 5.39. The number of hydrogen-bond donors (Lipinski definition) is 2. The summed E-state index contributed by atoms with van der Waals surface area (Å²) in [6, 6.07) is 11.1. The fraction of sp³-hybridized carbons (Fsp3) is 0.154. The van der Waals surface area contributed by atoms with Crippen LogP contribution < -0.4 is 5.73 Å². The zero-order chi connectivity index (χ0) is 13.5. The smallest absolute Gasteiger partial charge is 0.123 e. The van der Waals surface area contributed by atoms with Crippen LogP contribution in [0, 0.1) is 0 Å². The van der Waals surface area contributed by atoms with Crippen molar-refractivity contribution in [1.82, 2.24) is 4.98 Å². The molecular formula is C13H14BrClN2S. The van der Waals surface area contributed by atoms with Crippen LogP contribution >= 0.6 is 40.2 Å². The van der Waals surface area contributed by atoms with Crippen molar-refractivity contribution in [3.63, 3.8) is 0 Å². The van der Waals surface area contributed by atoms with Gasteiger partial charge in [-0.2, -0.15) is 0 Å². The number of aryl methyl sites for hydroxylation is 1. The van der Waals surface area contributed by atoms with E-state index in [1.807, 2.05) is 37.3 Å². The van der Waals surface area contributed by atoms with Gasteiger partial charge in [0.25, 0.3) is 0 Å². The average molecular weight is 346 g/mol. The molecule has 0 aliphatic heterocycles. The van der Waals surface area contributed by atoms with Gasteiger partial charge < -0.3 is 5.73 Å². The molecule has 1 heterocycles. The molecule has 18 heavy (non-hydrogen) atoms. The second-order valence-electron chi connectivity index (χ2n) is 3.47. The molecule has 96 valence electrons. The van der Waals surface area contributed by atoms with Crippen molar-refractivity contribution < 1.29 is 0 Å². The van der Waals surface area contributed by atoms with Crippen molar-refractivity contribution in [2.24, 2.45) is 0 Å². The number of aromatic nitrogens is 1. The third-order valence-corrected chi connectivity index (χ3v) is 3.70. The van der Waals surface area contributed by atoms with E-state index in [-0.39, 0.29) is 0 Å². The van der Waals surface area contributed by atoms with Gasteiger partial charge in [-0.1, -0.05) is 30.7 Å². The fourth-order valence-corrected chi connectivity index (χ4v) is 2.00. The van der Waals surface area contributed by atoms with Crippen molar-refractivity contribution in [2.45, 2.75) is 18.2 Å². The Hall–Kier alpha value is -0.710. The van der Waals surface area contributed by atoms with Gasteiger partial charge >= 0.3 is 0 Å². The number of halogens is 2. The highest BCUT2D eigenvalue weighted by Crippen LogP contribution is 2.17. The summed E-state index contributed by atoms with van der Waals surface area (Å²) in [6.45, 7) is 2.05. The molecule has 0 unspecified atom stereocenters. The zero-order valence-electron chi connectivity index (χ0n) is 9.90. The maximum atomic E-state index is 5.63. The third kappa shape index (κ3) is 4.88. The molecule has 0 fully saturated rings. The lowest BCUT2D eigenvalue weighted by Gasteiger charge is -1.99. The standard InChI is InChI=1S/C7H9BrN2.C6H5ClS/c1-2-6-5(8)3-4-7(9)10-6;7-5-3-1-2-4-6(5)8/h3-4H,2H2,1H3,(H2,9,10);1-4,8H. The normalized spacial score (nSPS) is 9.56. The van der Waals surface area contributed by atoms with Gasteiger partial charge in [0.2, 0.25) is 0 Å². The molecule has 0 saturated carbocycles. The summed E-state index contributed by atoms with van der Waals surface area (Å²) in [4.78, 5) is 4.95. The summed E-state index contributed by atoms with van der Waals surface area (Å²) in [6.07, 6.45) is 0.908. The summed E-state index contributed by atoms with van der Waals surface area (Å²) in [7, 11) is 0. The minimum absolute atomic E-state index is 0.583. The van der Waals surface area contributed by atoms with Crippen molar-refractivity contribution in [3.8, 4) is 0 Å². The maximum absolute atomic E-state index is 5.63. The van der Waals surface area contributed by atoms with Gasteiger partial charge in [0.15, 0.2) is 0 Å². The Labute approximate surface area is 126 Å². The topological polar surface area (TPSA) is 38.9 Å². The molecule has 0 aliphatic carbocycles. The molecule has 0 amide bonds. The van der Waals surface area contributed by atoms with E-state index in [1.54, 1.807) is 6.07 Å². The second kappa shape index (κ2) is 7.67. The van der Waals surface area contributed by atoms with Crippen molar-refractivity contribution in [3.05, 3.63) is 51.6 Å². The van der Waals surface area contributed by atoms with Gasteiger partial charge in [-0.05, 0) is 46.6 Å². The first-order chi connectivity index (χ1) is 8.54. The van der Waals surface area contributed by atoms with Crippen LogP contribution in [0.2, 0.25) is 5.02 Å². The van der Waals surface area contributed by atoms with Crippen LogP contribution in [-0.2, 0) is 6.42 Å². The first-order valence-corrected chi connectivity index (χ1v) is 7.00. The van der Waals surface area contributed by atoms with Crippen molar-refractivity contribution >= 4 is 46.0 Å². The van der Waals surface area contributed by atoms with E-state index < -0.39 is 0 Å². The molecular weight excluding hydrogens is 332 g/mol. The minimum atomic E-state index is 0.583. The van der Waals surface area contributed by atoms with Crippen LogP contribution in [0.4, 0.5) is 5.82 Å². The van der Waals surface area contributed by atoms with E-state index in [0.29, 0.717) is 10.8 Å². The van der Waals surface area contributed by atoms with Crippen LogP contribution in [0.15, 0.2) is 45.8 Å². The molecule has 0 aliphatic rings. The average Bonchev–Trinajstić information content (AvgIpc) is 2.37. The lowest BCUT2D eigenvalue weighted by Crippen LogP contribution is -1.94. The predicted octanol–water partition coefficient (Wildman–Crippen LogP) is 4.62. The molecule has 2 rings (SSSR count). The zero-order valence-corrected chi connectivity index (χ0v) is 13.1. The number of nitrogens with zero attached hydrogens (tertiary/aromatic N) is 1. The van der Waals surface area contributed by atoms with Gasteiger partial charge in [0, 0.05) is 9.37 Å². The first kappa shape index (κ1) is 15.3. The van der Waals surface area contributed by atoms with Gasteiger partial charge in [-0.25, -0.2) is 4.98 Å². The Morgan fingerprint density at radius 2 is 1.94 bits per heavy atom. The highest BCUT2D eigenvalue weighted by Gasteiger charge is 1.97. The number of nitrogen functional groups attached to an aromatic ring is 1. The highest BCUT2D eigenvalue weighted by atomic mass is 79.9. The van der Waals surface area contributed by atoms with Gasteiger partial charge in [-0.15, -0.1) is 12.6 Å². The third-order valence-electron chi connectivity index (χ3n) is 2.13. The molecule has 0 atom stereocenters. The molecule has 1 aromatic heterocycles. The number of nitrogens with two attached hydrogens (primary N) is 1. The van der Waals surface area contributed by atoms with Gasteiger partial charge in [-0.3, -0.25) is 0 Å². The number of rotatable bonds is 1. The van der Waals surface area contributed by atoms with Crippen LogP contribution in [0.25, 0.3) is 0 Å². The molecule has 0 radical (unpaired) electrons. The van der Waals surface area contributed by atoms with Crippen LogP contribution in [-0.4, -0.2) is 4.98 Å². The molecule has 0 spiro atoms. The molecule has 0 saturated heterocycles. The van der Waals surface area contributed by atoms with E-state index in [9.17, 15) is 0 Å². The SMILES string of the molecule is CCc1nc(N)ccc1Br.Sc1ccccc1Cl. The van der Waals surface area contributed by atoms with Crippen LogP contribution in [0.3, 0.4) is 0 Å². The van der Waals surface area contributed by atoms with E-state index in [2.05, 4.69) is 33.5 Å². The largest absolute Gasteiger partial charge is 0.384 e. The summed E-state index contributed by atoms with van der Waals surface area (Å²) < 4.78 is 1.03. The molecule has 2 N–H and O–H groups in total. The highest BCUT2D eigenvalue weighted by molar-refractivity contribution is 9.10. The number of anilines is 1. The summed E-state index contributed by atoms with van der Waals surface area (Å²) in [5.74, 6) is 0.583. The quantitative estimate of drug-likeness (QED) is 0.740. The predicted molar refractivity (Wildman–Crippen MR) is 84.4 cm³/mol. The molecule has 5 heteroatoms. The number of hydrogen-bond acceptors (Lipinski definition) is 3. The van der Waals surface area contributed by atoms with E-state index in [0.717, 1.165) is 21.5 Å². The monoisotopic (exact) mass is 344 g/mol. The Balaban J connectivity index is 0.000000184. The van der Waals surface area contributed by atoms with Crippen molar-refractivity contribution in [1.29, 1.82) is 0 Å². The number of pyridine rings is 1. The minimum Gasteiger partial charge on any atom is -0.384 e. The summed E-state index contributed by atoms with van der Waals surface area (Å²) in [5, 5.41) is 0.704. The number of benzene rings is 1. The summed E-state index contributed by atoms with van der Waals surface area (Å²) >= 11 is 13.1. The van der Waals surface area contributed by atoms with Gasteiger partial charge in [0.05, 0.1) is 10.7 Å². The van der Waals surface area contributed by atoms with Gasteiger partial charge in [0.1, 0.15) is 5.82 Å². The van der Waals surface area contributed by atoms with E-state index in [4.69, 9.17) is 17.3 Å². The second-order valence-corrected chi connectivity index (χ2v) is 5.21. The lowest BCUT2D eigenvalue weighted by molar-refractivity contribution is 1.03. The molecule has 2 aromatic rings. The lowest BCUT2D eigenvalue weighted by atomic mass is 10.3. The fourth-order valence-electron chi connectivity index (χ4n) is 1.20. The van der Waals surface area contributed by atoms with E-state index >= 15 is 0 Å².